The molecule has 1 atom stereocenters. The first-order chi connectivity index (χ1) is 19.7. The number of amidine groups is 1. The van der Waals surface area contributed by atoms with E-state index in [0.717, 1.165) is 22.7 Å². The van der Waals surface area contributed by atoms with Gasteiger partial charge >= 0.3 is 12.1 Å². The van der Waals surface area contributed by atoms with Crippen molar-refractivity contribution < 1.29 is 24.2 Å². The third kappa shape index (κ3) is 7.53. The highest BCUT2D eigenvalue weighted by Crippen LogP contribution is 2.23. The highest BCUT2D eigenvalue weighted by Gasteiger charge is 2.23. The fraction of sp³-hybridized carbons (Fsp3) is 0.267. The Morgan fingerprint density at radius 3 is 2.51 bits per heavy atom. The molecule has 41 heavy (non-hydrogen) atoms. The number of carboxylic acid groups (broad SMARTS) is 1. The lowest BCUT2D eigenvalue weighted by molar-refractivity contribution is -0.143. The molecule has 2 aromatic carbocycles. The summed E-state index contributed by atoms with van der Waals surface area (Å²) in [7, 11) is 1.90. The number of aromatic nitrogens is 3. The number of hydrogen-bond acceptors (Lipinski definition) is 8. The topological polar surface area (TPSA) is 159 Å². The van der Waals surface area contributed by atoms with E-state index in [-0.39, 0.29) is 24.0 Å². The molecule has 4 aromatic rings. The van der Waals surface area contributed by atoms with Crippen molar-refractivity contribution in [2.75, 3.05) is 11.9 Å². The molecule has 0 aliphatic carbocycles. The van der Waals surface area contributed by atoms with Gasteiger partial charge in [-0.05, 0) is 74.4 Å². The summed E-state index contributed by atoms with van der Waals surface area (Å²) in [5.74, 6) is -0.287. The maximum Gasteiger partial charge on any atom is 0.410 e. The van der Waals surface area contributed by atoms with Crippen LogP contribution in [-0.4, -0.2) is 49.9 Å². The summed E-state index contributed by atoms with van der Waals surface area (Å²) in [6, 6.07) is 17.8. The summed E-state index contributed by atoms with van der Waals surface area (Å²) in [5.41, 5.74) is 4.08. The van der Waals surface area contributed by atoms with Crippen molar-refractivity contribution in [1.29, 1.82) is 5.41 Å². The molecule has 0 spiro atoms. The van der Waals surface area contributed by atoms with Crippen LogP contribution < -0.4 is 10.6 Å². The van der Waals surface area contributed by atoms with Gasteiger partial charge in [-0.1, -0.05) is 6.07 Å². The average molecular weight is 557 g/mol. The highest BCUT2D eigenvalue weighted by atomic mass is 16.5. The van der Waals surface area contributed by atoms with E-state index in [0.29, 0.717) is 42.6 Å². The fourth-order valence-electron chi connectivity index (χ4n) is 4.53. The predicted molar refractivity (Wildman–Crippen MR) is 154 cm³/mol. The lowest BCUT2D eigenvalue weighted by Gasteiger charge is -2.15. The van der Waals surface area contributed by atoms with Crippen LogP contribution in [0.2, 0.25) is 0 Å². The van der Waals surface area contributed by atoms with Gasteiger partial charge in [-0.2, -0.15) is 0 Å². The van der Waals surface area contributed by atoms with E-state index in [1.54, 1.807) is 49.5 Å². The first-order valence-electron chi connectivity index (χ1n) is 13.2. The smallest absolute Gasteiger partial charge is 0.410 e. The van der Waals surface area contributed by atoms with Crippen molar-refractivity contribution in [3.05, 3.63) is 89.5 Å². The van der Waals surface area contributed by atoms with Crippen molar-refractivity contribution in [3.63, 3.8) is 0 Å². The molecular weight excluding hydrogens is 524 g/mol. The van der Waals surface area contributed by atoms with Crippen LogP contribution in [0.5, 0.6) is 0 Å². The zero-order valence-corrected chi connectivity index (χ0v) is 22.9. The van der Waals surface area contributed by atoms with Crippen LogP contribution in [0, 0.1) is 11.3 Å². The molecule has 4 rings (SSSR count). The number of rotatable bonds is 12. The Morgan fingerprint density at radius 2 is 1.83 bits per heavy atom. The van der Waals surface area contributed by atoms with E-state index in [2.05, 4.69) is 10.3 Å². The largest absolute Gasteiger partial charge is 0.466 e. The number of hydrogen-bond donors (Lipinski definition) is 4. The zero-order valence-electron chi connectivity index (χ0n) is 22.9. The summed E-state index contributed by atoms with van der Waals surface area (Å²) in [6.07, 6.45) is 1.32. The Balaban J connectivity index is 1.48. The highest BCUT2D eigenvalue weighted by molar-refractivity contribution is 6.04. The number of amides is 1. The van der Waals surface area contributed by atoms with Crippen LogP contribution in [0.3, 0.4) is 0 Å². The number of nitrogens with one attached hydrogen (secondary N) is 3. The molecule has 11 heteroatoms. The molecular formula is C30H32N6O5. The van der Waals surface area contributed by atoms with Gasteiger partial charge in [0.15, 0.2) is 5.78 Å². The van der Waals surface area contributed by atoms with Gasteiger partial charge in [0.1, 0.15) is 11.7 Å². The standard InChI is InChI=1S/C30H32N6O5/c1-3-41-27(37)14-10-20(16-23-6-4-5-15-32-23)28(38)21-9-13-25-24(17-21)34-26(36(25)2)18-33-22-11-7-19(8-12-22)29(31)35-30(39)40/h4-9,11-13,15,17,20,33H,3,10,14,16,18H2,1-2H3,(H2,31,35)(H,39,40). The van der Waals surface area contributed by atoms with Crippen LogP contribution in [0.25, 0.3) is 11.0 Å². The van der Waals surface area contributed by atoms with E-state index in [4.69, 9.17) is 20.2 Å². The Morgan fingerprint density at radius 1 is 1.07 bits per heavy atom. The molecule has 0 bridgehead atoms. The van der Waals surface area contributed by atoms with Crippen LogP contribution in [0.15, 0.2) is 66.9 Å². The normalized spacial score (nSPS) is 11.6. The number of nitrogens with zero attached hydrogens (tertiary/aromatic N) is 3. The lowest BCUT2D eigenvalue weighted by Crippen LogP contribution is -2.28. The van der Waals surface area contributed by atoms with Gasteiger partial charge < -0.3 is 19.7 Å². The van der Waals surface area contributed by atoms with Gasteiger partial charge in [0.05, 0.1) is 24.2 Å². The van der Waals surface area contributed by atoms with E-state index < -0.39 is 12.0 Å². The number of carbonyl (C=O) groups excluding carboxylic acids is 2. The van der Waals surface area contributed by atoms with Crippen LogP contribution in [-0.2, 0) is 29.5 Å². The quantitative estimate of drug-likeness (QED) is 0.0855. The molecule has 2 aromatic heterocycles. The maximum atomic E-state index is 13.6. The Kier molecular flexibility index (Phi) is 9.41. The molecule has 11 nitrogen and oxygen atoms in total. The first kappa shape index (κ1) is 28.9. The number of ketones is 1. The summed E-state index contributed by atoms with van der Waals surface area (Å²) in [5, 5.41) is 21.9. The van der Waals surface area contributed by atoms with Gasteiger partial charge in [0, 0.05) is 48.1 Å². The molecule has 4 N–H and O–H groups in total. The van der Waals surface area contributed by atoms with Crippen molar-refractivity contribution in [1.82, 2.24) is 19.9 Å². The monoisotopic (exact) mass is 556 g/mol. The molecule has 1 amide bonds. The van der Waals surface area contributed by atoms with Gasteiger partial charge in [-0.15, -0.1) is 0 Å². The summed E-state index contributed by atoms with van der Waals surface area (Å²) in [4.78, 5) is 45.5. The summed E-state index contributed by atoms with van der Waals surface area (Å²) in [6.45, 7) is 2.46. The lowest BCUT2D eigenvalue weighted by atomic mass is 9.89. The van der Waals surface area contributed by atoms with Crippen molar-refractivity contribution in [2.45, 2.75) is 32.7 Å². The average Bonchev–Trinajstić information content (AvgIpc) is 3.28. The molecule has 0 aliphatic heterocycles. The van der Waals surface area contributed by atoms with E-state index in [1.165, 1.54) is 0 Å². The first-order valence-corrected chi connectivity index (χ1v) is 13.2. The number of aryl methyl sites for hydroxylation is 1. The Hall–Kier alpha value is -5.06. The van der Waals surface area contributed by atoms with Crippen molar-refractivity contribution >= 4 is 40.4 Å². The van der Waals surface area contributed by atoms with Crippen LogP contribution in [0.4, 0.5) is 10.5 Å². The number of fused-ring (bicyclic) bond motifs is 1. The second kappa shape index (κ2) is 13.3. The molecule has 0 saturated heterocycles. The van der Waals surface area contributed by atoms with Gasteiger partial charge in [-0.3, -0.25) is 25.3 Å². The minimum atomic E-state index is -1.29. The van der Waals surface area contributed by atoms with E-state index in [9.17, 15) is 14.4 Å². The molecule has 1 unspecified atom stereocenters. The predicted octanol–water partition coefficient (Wildman–Crippen LogP) is 4.56. The van der Waals surface area contributed by atoms with Gasteiger partial charge in [-0.25, -0.2) is 9.78 Å². The third-order valence-electron chi connectivity index (χ3n) is 6.67. The second-order valence-corrected chi connectivity index (χ2v) is 9.46. The number of ether oxygens (including phenoxy) is 1. The molecule has 2 heterocycles. The van der Waals surface area contributed by atoms with Crippen LogP contribution >= 0.6 is 0 Å². The molecule has 0 radical (unpaired) electrons. The van der Waals surface area contributed by atoms with Gasteiger partial charge in [0.25, 0.3) is 0 Å². The van der Waals surface area contributed by atoms with E-state index >= 15 is 0 Å². The summed E-state index contributed by atoms with van der Waals surface area (Å²) >= 11 is 0. The van der Waals surface area contributed by atoms with Gasteiger partial charge in [0.2, 0.25) is 0 Å². The van der Waals surface area contributed by atoms with Crippen molar-refractivity contribution in [2.24, 2.45) is 13.0 Å². The Labute approximate surface area is 237 Å². The molecule has 0 fully saturated rings. The van der Waals surface area contributed by atoms with Crippen LogP contribution in [0.1, 0.15) is 47.2 Å². The molecule has 0 saturated carbocycles. The third-order valence-corrected chi connectivity index (χ3v) is 6.67. The minimum absolute atomic E-state index is 0.0739. The zero-order chi connectivity index (χ0) is 29.4. The Bertz CT molecular complexity index is 1550. The molecule has 212 valence electrons. The number of imidazole rings is 1. The fourth-order valence-corrected chi connectivity index (χ4v) is 4.53. The van der Waals surface area contributed by atoms with E-state index in [1.807, 2.05) is 41.2 Å². The summed E-state index contributed by atoms with van der Waals surface area (Å²) < 4.78 is 7.02. The number of benzene rings is 2. The minimum Gasteiger partial charge on any atom is -0.466 e. The number of anilines is 1. The number of esters is 1. The van der Waals surface area contributed by atoms with Crippen molar-refractivity contribution in [3.8, 4) is 0 Å². The number of carbonyl (C=O) groups is 3. The second-order valence-electron chi connectivity index (χ2n) is 9.46. The maximum absolute atomic E-state index is 13.6. The number of pyridine rings is 1. The number of Topliss-reactive ketones (excluding diaryl/α,β-unsaturated/α-hetero) is 1. The molecule has 0 aliphatic rings. The SMILES string of the molecule is CCOC(=O)CCC(Cc1ccccn1)C(=O)c1ccc2c(c1)nc(CNc1ccc(C(=N)NC(=O)O)cc1)n2C.